The summed E-state index contributed by atoms with van der Waals surface area (Å²) in [5, 5.41) is 2.95. The maximum absolute atomic E-state index is 12.9. The molecule has 0 fully saturated rings. The molecule has 0 saturated carbocycles. The number of benzene rings is 2. The van der Waals surface area contributed by atoms with Gasteiger partial charge in [-0.15, -0.1) is 11.8 Å². The van der Waals surface area contributed by atoms with Crippen LogP contribution in [0.1, 0.15) is 17.7 Å². The Balaban J connectivity index is 1.85. The largest absolute Gasteiger partial charge is 0.497 e. The maximum atomic E-state index is 12.9. The lowest BCUT2D eigenvalue weighted by Gasteiger charge is -2.12. The van der Waals surface area contributed by atoms with Crippen molar-refractivity contribution < 1.29 is 13.9 Å². The molecule has 0 aliphatic rings. The molecule has 0 aromatic heterocycles. The molecule has 2 rings (SSSR count). The summed E-state index contributed by atoms with van der Waals surface area (Å²) in [5.74, 6) is 0.699. The zero-order valence-electron chi connectivity index (χ0n) is 12.5. The first-order valence-corrected chi connectivity index (χ1v) is 7.94. The number of thioether (sulfide) groups is 1. The average molecular weight is 319 g/mol. The maximum Gasteiger partial charge on any atom is 0.234 e. The highest BCUT2D eigenvalue weighted by Crippen LogP contribution is 2.28. The topological polar surface area (TPSA) is 38.3 Å². The number of carbonyl (C=O) groups excluding carboxylic acids is 1. The lowest BCUT2D eigenvalue weighted by atomic mass is 10.2. The molecule has 0 radical (unpaired) electrons. The molecule has 1 atom stereocenters. The van der Waals surface area contributed by atoms with Crippen molar-refractivity contribution in [2.24, 2.45) is 0 Å². The van der Waals surface area contributed by atoms with Crippen molar-refractivity contribution in [3.63, 3.8) is 0 Å². The molecule has 0 aliphatic carbocycles. The first-order chi connectivity index (χ1) is 10.6. The molecule has 0 heterocycles. The van der Waals surface area contributed by atoms with Crippen molar-refractivity contribution in [2.45, 2.75) is 12.2 Å². The highest BCUT2D eigenvalue weighted by molar-refractivity contribution is 8.00. The fourth-order valence-electron chi connectivity index (χ4n) is 1.93. The summed E-state index contributed by atoms with van der Waals surface area (Å²) >= 11 is 1.51. The van der Waals surface area contributed by atoms with Gasteiger partial charge >= 0.3 is 0 Å². The van der Waals surface area contributed by atoms with E-state index in [0.29, 0.717) is 17.2 Å². The minimum atomic E-state index is -0.253. The van der Waals surface area contributed by atoms with Crippen LogP contribution in [-0.4, -0.2) is 18.8 Å². The second kappa shape index (κ2) is 7.84. The number of halogens is 1. The Morgan fingerprint density at radius 1 is 1.27 bits per heavy atom. The number of methoxy groups -OCH3 is 1. The molecule has 3 nitrogen and oxygen atoms in total. The van der Waals surface area contributed by atoms with E-state index in [9.17, 15) is 9.18 Å². The Kier molecular flexibility index (Phi) is 5.83. The van der Waals surface area contributed by atoms with Gasteiger partial charge in [-0.25, -0.2) is 4.39 Å². The van der Waals surface area contributed by atoms with Crippen LogP contribution in [0.25, 0.3) is 0 Å². The van der Waals surface area contributed by atoms with E-state index < -0.39 is 0 Å². The molecule has 1 N–H and O–H groups in total. The summed E-state index contributed by atoms with van der Waals surface area (Å²) in [7, 11) is 1.58. The number of amides is 1. The van der Waals surface area contributed by atoms with Crippen LogP contribution in [0.15, 0.2) is 48.5 Å². The Labute approximate surface area is 133 Å². The third kappa shape index (κ3) is 4.77. The van der Waals surface area contributed by atoms with Gasteiger partial charge in [0.1, 0.15) is 11.6 Å². The molecule has 2 aromatic rings. The molecule has 0 aliphatic heterocycles. The van der Waals surface area contributed by atoms with Crippen molar-refractivity contribution in [1.82, 2.24) is 0 Å². The Hall–Kier alpha value is -2.01. The van der Waals surface area contributed by atoms with E-state index in [0.717, 1.165) is 5.56 Å². The van der Waals surface area contributed by atoms with Gasteiger partial charge < -0.3 is 10.1 Å². The SMILES string of the molecule is COc1cccc(NC(=O)CS[C@H](C)c2ccc(F)cc2)c1. The zero-order chi connectivity index (χ0) is 15.9. The average Bonchev–Trinajstić information content (AvgIpc) is 2.53. The minimum Gasteiger partial charge on any atom is -0.497 e. The van der Waals surface area contributed by atoms with E-state index in [1.165, 1.54) is 23.9 Å². The quantitative estimate of drug-likeness (QED) is 0.864. The fourth-order valence-corrected chi connectivity index (χ4v) is 2.75. The van der Waals surface area contributed by atoms with Gasteiger partial charge in [-0.2, -0.15) is 0 Å². The first-order valence-electron chi connectivity index (χ1n) is 6.89. The molecular weight excluding hydrogens is 301 g/mol. The van der Waals surface area contributed by atoms with E-state index in [1.54, 1.807) is 25.3 Å². The molecule has 5 heteroatoms. The lowest BCUT2D eigenvalue weighted by molar-refractivity contribution is -0.113. The standard InChI is InChI=1S/C17H18FNO2S/c1-12(13-6-8-14(18)9-7-13)22-11-17(20)19-15-4-3-5-16(10-15)21-2/h3-10,12H,11H2,1-2H3,(H,19,20)/t12-/m1/s1. The predicted molar refractivity (Wildman–Crippen MR) is 88.9 cm³/mol. The highest BCUT2D eigenvalue weighted by atomic mass is 32.2. The second-order valence-electron chi connectivity index (χ2n) is 4.78. The van der Waals surface area contributed by atoms with E-state index in [-0.39, 0.29) is 17.0 Å². The van der Waals surface area contributed by atoms with Crippen molar-refractivity contribution in [3.05, 3.63) is 59.9 Å². The Bertz CT molecular complexity index is 631. The number of hydrogen-bond acceptors (Lipinski definition) is 3. The number of anilines is 1. The van der Waals surface area contributed by atoms with Gasteiger partial charge in [-0.3, -0.25) is 4.79 Å². The van der Waals surface area contributed by atoms with Crippen LogP contribution in [0.3, 0.4) is 0 Å². The highest BCUT2D eigenvalue weighted by Gasteiger charge is 2.10. The first kappa shape index (κ1) is 16.4. The summed E-state index contributed by atoms with van der Waals surface area (Å²) < 4.78 is 18.0. The molecule has 2 aromatic carbocycles. The number of rotatable bonds is 6. The molecule has 0 bridgehead atoms. The molecule has 1 amide bonds. The van der Waals surface area contributed by atoms with Crippen molar-refractivity contribution in [3.8, 4) is 5.75 Å². The fraction of sp³-hybridized carbons (Fsp3) is 0.235. The van der Waals surface area contributed by atoms with Gasteiger partial charge in [0.2, 0.25) is 5.91 Å². The molecule has 22 heavy (non-hydrogen) atoms. The third-order valence-corrected chi connectivity index (χ3v) is 4.36. The van der Waals surface area contributed by atoms with Gasteiger partial charge in [-0.05, 0) is 36.8 Å². The number of hydrogen-bond donors (Lipinski definition) is 1. The Morgan fingerprint density at radius 2 is 2.00 bits per heavy atom. The predicted octanol–water partition coefficient (Wildman–Crippen LogP) is 4.27. The lowest BCUT2D eigenvalue weighted by Crippen LogP contribution is -2.14. The van der Waals surface area contributed by atoms with Crippen LogP contribution < -0.4 is 10.1 Å². The number of nitrogens with one attached hydrogen (secondary N) is 1. The van der Waals surface area contributed by atoms with Crippen LogP contribution >= 0.6 is 11.8 Å². The minimum absolute atomic E-state index is 0.0767. The summed E-state index contributed by atoms with van der Waals surface area (Å²) in [6.45, 7) is 2.00. The van der Waals surface area contributed by atoms with Crippen LogP contribution in [0, 0.1) is 5.82 Å². The Morgan fingerprint density at radius 3 is 2.68 bits per heavy atom. The monoisotopic (exact) mass is 319 g/mol. The van der Waals surface area contributed by atoms with E-state index in [1.807, 2.05) is 25.1 Å². The van der Waals surface area contributed by atoms with Crippen LogP contribution in [0.4, 0.5) is 10.1 Å². The second-order valence-corrected chi connectivity index (χ2v) is 6.11. The molecular formula is C17H18FNO2S. The van der Waals surface area contributed by atoms with Gasteiger partial charge in [0.05, 0.1) is 12.9 Å². The number of carbonyl (C=O) groups is 1. The zero-order valence-corrected chi connectivity index (χ0v) is 13.3. The summed E-state index contributed by atoms with van der Waals surface area (Å²) in [6.07, 6.45) is 0. The molecule has 0 spiro atoms. The van der Waals surface area contributed by atoms with Crippen molar-refractivity contribution >= 4 is 23.4 Å². The van der Waals surface area contributed by atoms with Crippen molar-refractivity contribution in [1.29, 1.82) is 0 Å². The van der Waals surface area contributed by atoms with Gasteiger partial charge in [0.25, 0.3) is 0 Å². The summed E-state index contributed by atoms with van der Waals surface area (Å²) in [4.78, 5) is 12.0. The van der Waals surface area contributed by atoms with Crippen molar-refractivity contribution in [2.75, 3.05) is 18.2 Å². The van der Waals surface area contributed by atoms with Gasteiger partial charge in [0.15, 0.2) is 0 Å². The normalized spacial score (nSPS) is 11.8. The smallest absolute Gasteiger partial charge is 0.234 e. The van der Waals surface area contributed by atoms with Crippen LogP contribution in [0.5, 0.6) is 5.75 Å². The van der Waals surface area contributed by atoms with Crippen LogP contribution in [0.2, 0.25) is 0 Å². The molecule has 0 unspecified atom stereocenters. The van der Waals surface area contributed by atoms with Crippen LogP contribution in [-0.2, 0) is 4.79 Å². The van der Waals surface area contributed by atoms with E-state index >= 15 is 0 Å². The van der Waals surface area contributed by atoms with E-state index in [2.05, 4.69) is 5.32 Å². The van der Waals surface area contributed by atoms with E-state index in [4.69, 9.17) is 4.74 Å². The summed E-state index contributed by atoms with van der Waals surface area (Å²) in [5.41, 5.74) is 1.71. The third-order valence-electron chi connectivity index (χ3n) is 3.16. The molecule has 116 valence electrons. The molecule has 0 saturated heterocycles. The van der Waals surface area contributed by atoms with Gasteiger partial charge in [-0.1, -0.05) is 18.2 Å². The van der Waals surface area contributed by atoms with Gasteiger partial charge in [0, 0.05) is 17.0 Å². The number of ether oxygens (including phenoxy) is 1. The summed E-state index contributed by atoms with van der Waals surface area (Å²) in [6, 6.07) is 13.6.